The smallest absolute Gasteiger partial charge is 0.0594 e. The summed E-state index contributed by atoms with van der Waals surface area (Å²) in [7, 11) is 0. The van der Waals surface area contributed by atoms with Crippen LogP contribution in [-0.2, 0) is 4.74 Å². The molecule has 3 saturated heterocycles. The standard InChI is InChI=1S/C20H39N3O/c1-16(2)23-8-6-20(23)14-18(4)22-7-5-19(15-22)13-17(3)21-9-11-24-12-10-21/h16-20H,5-15H2,1-4H3. The molecule has 0 amide bonds. The first-order chi connectivity index (χ1) is 11.5. The molecule has 24 heavy (non-hydrogen) atoms. The second-order valence-electron chi connectivity index (χ2n) is 8.74. The van der Waals surface area contributed by atoms with E-state index >= 15 is 0 Å². The first-order valence-electron chi connectivity index (χ1n) is 10.4. The van der Waals surface area contributed by atoms with E-state index in [9.17, 15) is 0 Å². The fourth-order valence-electron chi connectivity index (χ4n) is 5.04. The minimum Gasteiger partial charge on any atom is -0.379 e. The second-order valence-corrected chi connectivity index (χ2v) is 8.74. The van der Waals surface area contributed by atoms with E-state index in [0.29, 0.717) is 0 Å². The maximum absolute atomic E-state index is 5.49. The molecule has 3 heterocycles. The van der Waals surface area contributed by atoms with Gasteiger partial charge >= 0.3 is 0 Å². The van der Waals surface area contributed by atoms with Crippen molar-refractivity contribution in [3.8, 4) is 0 Å². The van der Waals surface area contributed by atoms with E-state index in [1.807, 2.05) is 0 Å². The highest BCUT2D eigenvalue weighted by molar-refractivity contribution is 4.90. The fourth-order valence-corrected chi connectivity index (χ4v) is 5.04. The Kier molecular flexibility index (Phi) is 6.58. The molecule has 4 nitrogen and oxygen atoms in total. The zero-order valence-corrected chi connectivity index (χ0v) is 16.4. The summed E-state index contributed by atoms with van der Waals surface area (Å²) in [6.45, 7) is 17.6. The van der Waals surface area contributed by atoms with Gasteiger partial charge in [0.1, 0.15) is 0 Å². The first-order valence-corrected chi connectivity index (χ1v) is 10.4. The van der Waals surface area contributed by atoms with Gasteiger partial charge in [-0.05, 0) is 65.8 Å². The Bertz CT molecular complexity index is 383. The van der Waals surface area contributed by atoms with Crippen LogP contribution < -0.4 is 0 Å². The Hall–Kier alpha value is -0.160. The van der Waals surface area contributed by atoms with E-state index in [2.05, 4.69) is 42.4 Å². The summed E-state index contributed by atoms with van der Waals surface area (Å²) in [4.78, 5) is 8.09. The number of morpholine rings is 1. The van der Waals surface area contributed by atoms with Gasteiger partial charge in [-0.2, -0.15) is 0 Å². The van der Waals surface area contributed by atoms with Gasteiger partial charge in [0.15, 0.2) is 0 Å². The summed E-state index contributed by atoms with van der Waals surface area (Å²) in [6, 6.07) is 3.03. The van der Waals surface area contributed by atoms with Crippen LogP contribution in [0.3, 0.4) is 0 Å². The Morgan fingerprint density at radius 3 is 2.17 bits per heavy atom. The van der Waals surface area contributed by atoms with Crippen molar-refractivity contribution in [1.82, 2.24) is 14.7 Å². The van der Waals surface area contributed by atoms with Gasteiger partial charge in [-0.1, -0.05) is 0 Å². The lowest BCUT2D eigenvalue weighted by molar-refractivity contribution is 0.0150. The monoisotopic (exact) mass is 337 g/mol. The molecule has 0 aliphatic carbocycles. The van der Waals surface area contributed by atoms with Gasteiger partial charge in [0, 0.05) is 50.3 Å². The molecular weight excluding hydrogens is 298 g/mol. The van der Waals surface area contributed by atoms with E-state index in [4.69, 9.17) is 4.74 Å². The molecule has 0 spiro atoms. The number of nitrogens with zero attached hydrogens (tertiary/aromatic N) is 3. The third kappa shape index (κ3) is 4.51. The molecule has 4 unspecified atom stereocenters. The molecule has 4 atom stereocenters. The summed E-state index contributed by atoms with van der Waals surface area (Å²) in [5.41, 5.74) is 0. The van der Waals surface area contributed by atoms with Crippen LogP contribution in [0.2, 0.25) is 0 Å². The molecule has 3 aliphatic rings. The number of likely N-dealkylation sites (tertiary alicyclic amines) is 2. The summed E-state index contributed by atoms with van der Waals surface area (Å²) in [5, 5.41) is 0. The number of ether oxygens (including phenoxy) is 1. The fraction of sp³-hybridized carbons (Fsp3) is 1.00. The number of hydrogen-bond acceptors (Lipinski definition) is 4. The molecule has 0 bridgehead atoms. The molecule has 3 rings (SSSR count). The molecule has 3 aliphatic heterocycles. The van der Waals surface area contributed by atoms with E-state index in [-0.39, 0.29) is 0 Å². The van der Waals surface area contributed by atoms with Gasteiger partial charge in [-0.25, -0.2) is 0 Å². The Labute approximate surface area is 149 Å². The molecule has 0 N–H and O–H groups in total. The van der Waals surface area contributed by atoms with Crippen LogP contribution in [0, 0.1) is 5.92 Å². The highest BCUT2D eigenvalue weighted by Crippen LogP contribution is 2.29. The van der Waals surface area contributed by atoms with Crippen molar-refractivity contribution in [3.05, 3.63) is 0 Å². The van der Waals surface area contributed by atoms with Crippen molar-refractivity contribution in [3.63, 3.8) is 0 Å². The SMILES string of the molecule is CC(CC1CCN(C(C)CC2CCN2C(C)C)C1)N1CCOCC1. The average Bonchev–Trinajstić information content (AvgIpc) is 3.00. The zero-order valence-electron chi connectivity index (χ0n) is 16.4. The van der Waals surface area contributed by atoms with Gasteiger partial charge < -0.3 is 9.64 Å². The van der Waals surface area contributed by atoms with Crippen LogP contribution in [-0.4, -0.2) is 84.8 Å². The third-order valence-electron chi connectivity index (χ3n) is 6.75. The number of hydrogen-bond donors (Lipinski definition) is 0. The van der Waals surface area contributed by atoms with Gasteiger partial charge in [0.05, 0.1) is 13.2 Å². The molecule has 0 saturated carbocycles. The van der Waals surface area contributed by atoms with E-state index in [1.165, 1.54) is 45.3 Å². The van der Waals surface area contributed by atoms with Crippen LogP contribution in [0.25, 0.3) is 0 Å². The molecule has 4 heteroatoms. The first kappa shape index (κ1) is 18.6. The maximum Gasteiger partial charge on any atom is 0.0594 e. The van der Waals surface area contributed by atoms with Crippen molar-refractivity contribution < 1.29 is 4.74 Å². The molecule has 140 valence electrons. The Morgan fingerprint density at radius 2 is 1.54 bits per heavy atom. The maximum atomic E-state index is 5.49. The van der Waals surface area contributed by atoms with Gasteiger partial charge in [-0.15, -0.1) is 0 Å². The van der Waals surface area contributed by atoms with E-state index < -0.39 is 0 Å². The van der Waals surface area contributed by atoms with Crippen molar-refractivity contribution >= 4 is 0 Å². The average molecular weight is 338 g/mol. The lowest BCUT2D eigenvalue weighted by atomic mass is 9.93. The molecule has 0 aromatic heterocycles. The van der Waals surface area contributed by atoms with E-state index in [0.717, 1.165) is 56.4 Å². The van der Waals surface area contributed by atoms with Crippen LogP contribution in [0.1, 0.15) is 53.4 Å². The van der Waals surface area contributed by atoms with Crippen LogP contribution in [0.4, 0.5) is 0 Å². The van der Waals surface area contributed by atoms with Crippen molar-refractivity contribution in [2.75, 3.05) is 45.9 Å². The topological polar surface area (TPSA) is 19.0 Å². The minimum absolute atomic E-state index is 0.719. The zero-order chi connectivity index (χ0) is 17.1. The lowest BCUT2D eigenvalue weighted by Crippen LogP contribution is -2.53. The van der Waals surface area contributed by atoms with Crippen LogP contribution in [0.5, 0.6) is 0 Å². The van der Waals surface area contributed by atoms with Crippen LogP contribution >= 0.6 is 0 Å². The molecule has 3 fully saturated rings. The molecular formula is C20H39N3O. The Balaban J connectivity index is 1.40. The van der Waals surface area contributed by atoms with Crippen molar-refractivity contribution in [1.29, 1.82) is 0 Å². The summed E-state index contributed by atoms with van der Waals surface area (Å²) in [5.74, 6) is 0.896. The lowest BCUT2D eigenvalue weighted by Gasteiger charge is -2.46. The number of rotatable bonds is 7. The van der Waals surface area contributed by atoms with Crippen molar-refractivity contribution in [2.24, 2.45) is 5.92 Å². The second kappa shape index (κ2) is 8.48. The Morgan fingerprint density at radius 1 is 0.833 bits per heavy atom. The third-order valence-corrected chi connectivity index (χ3v) is 6.75. The van der Waals surface area contributed by atoms with Crippen molar-refractivity contribution in [2.45, 2.75) is 77.5 Å². The van der Waals surface area contributed by atoms with E-state index in [1.54, 1.807) is 0 Å². The highest BCUT2D eigenvalue weighted by atomic mass is 16.5. The summed E-state index contributed by atoms with van der Waals surface area (Å²) in [6.07, 6.45) is 5.54. The van der Waals surface area contributed by atoms with Gasteiger partial charge in [-0.3, -0.25) is 9.80 Å². The largest absolute Gasteiger partial charge is 0.379 e. The molecule has 0 aromatic carbocycles. The molecule has 0 radical (unpaired) electrons. The van der Waals surface area contributed by atoms with Gasteiger partial charge in [0.25, 0.3) is 0 Å². The highest BCUT2D eigenvalue weighted by Gasteiger charge is 2.34. The van der Waals surface area contributed by atoms with Gasteiger partial charge in [0.2, 0.25) is 0 Å². The predicted molar refractivity (Wildman–Crippen MR) is 100 cm³/mol. The predicted octanol–water partition coefficient (Wildman–Crippen LogP) is 2.68. The molecule has 0 aromatic rings. The van der Waals surface area contributed by atoms with Crippen LogP contribution in [0.15, 0.2) is 0 Å². The normalized spacial score (nSPS) is 32.9. The quantitative estimate of drug-likeness (QED) is 0.711. The summed E-state index contributed by atoms with van der Waals surface area (Å²) >= 11 is 0. The minimum atomic E-state index is 0.719. The summed E-state index contributed by atoms with van der Waals surface area (Å²) < 4.78 is 5.49.